The molecule has 0 N–H and O–H groups in total. The number of unbranched alkanes of at least 4 members (excludes halogenated alkanes) is 3. The van der Waals surface area contributed by atoms with E-state index < -0.39 is 18.2 Å². The summed E-state index contributed by atoms with van der Waals surface area (Å²) >= 11 is 0. The summed E-state index contributed by atoms with van der Waals surface area (Å²) in [5.41, 5.74) is 0.756. The number of allylic oxidation sites excluding steroid dienone is 1. The zero-order chi connectivity index (χ0) is 13.3. The Labute approximate surface area is 103 Å². The zero-order valence-electron chi connectivity index (χ0n) is 11.1. The third-order valence-corrected chi connectivity index (χ3v) is 2.19. The van der Waals surface area contributed by atoms with E-state index >= 15 is 0 Å². The number of hydrogen-bond donors (Lipinski definition) is 0. The number of esters is 2. The molecule has 0 saturated heterocycles. The van der Waals surface area contributed by atoms with E-state index in [4.69, 9.17) is 9.47 Å². The first-order chi connectivity index (χ1) is 7.97. The summed E-state index contributed by atoms with van der Waals surface area (Å²) in [6.07, 6.45) is 5.37. The molecule has 0 atom stereocenters. The van der Waals surface area contributed by atoms with Gasteiger partial charge in [0, 0.05) is 19.4 Å². The number of hydrogen-bond acceptors (Lipinski definition) is 4. The number of carbonyl (C=O) groups is 2. The SMILES string of the molecule is CCCCC/C=C(\C)C(OC(C)=O)OC(C)=O. The summed E-state index contributed by atoms with van der Waals surface area (Å²) in [5, 5.41) is 0. The summed E-state index contributed by atoms with van der Waals surface area (Å²) in [5.74, 6) is -0.921. The minimum absolute atomic E-state index is 0.461. The van der Waals surface area contributed by atoms with Gasteiger partial charge in [-0.25, -0.2) is 0 Å². The molecule has 0 spiro atoms. The molecule has 4 heteroatoms. The summed E-state index contributed by atoms with van der Waals surface area (Å²) in [6.45, 7) is 6.52. The molecular formula is C13H22O4. The normalized spacial score (nSPS) is 11.5. The molecule has 0 aromatic heterocycles. The van der Waals surface area contributed by atoms with Crippen molar-refractivity contribution in [3.05, 3.63) is 11.6 Å². The van der Waals surface area contributed by atoms with E-state index in [1.807, 2.05) is 6.08 Å². The molecule has 0 aliphatic heterocycles. The van der Waals surface area contributed by atoms with E-state index in [1.54, 1.807) is 6.92 Å². The average molecular weight is 242 g/mol. The van der Waals surface area contributed by atoms with Crippen molar-refractivity contribution >= 4 is 11.9 Å². The van der Waals surface area contributed by atoms with Crippen LogP contribution in [0.1, 0.15) is 53.4 Å². The molecule has 0 radical (unpaired) electrons. The third kappa shape index (κ3) is 8.48. The maximum atomic E-state index is 10.9. The van der Waals surface area contributed by atoms with Gasteiger partial charge in [0.15, 0.2) is 0 Å². The Hall–Kier alpha value is -1.32. The topological polar surface area (TPSA) is 52.6 Å². The van der Waals surface area contributed by atoms with Gasteiger partial charge in [-0.3, -0.25) is 9.59 Å². The van der Waals surface area contributed by atoms with Gasteiger partial charge in [0.25, 0.3) is 6.29 Å². The number of rotatable bonds is 7. The van der Waals surface area contributed by atoms with Crippen molar-refractivity contribution in [2.75, 3.05) is 0 Å². The van der Waals surface area contributed by atoms with Crippen molar-refractivity contribution < 1.29 is 19.1 Å². The number of ether oxygens (including phenoxy) is 2. The van der Waals surface area contributed by atoms with E-state index in [-0.39, 0.29) is 0 Å². The van der Waals surface area contributed by atoms with Crippen molar-refractivity contribution in [2.45, 2.75) is 59.7 Å². The largest absolute Gasteiger partial charge is 0.421 e. The molecule has 0 unspecified atom stereocenters. The molecule has 0 aliphatic rings. The van der Waals surface area contributed by atoms with Crippen LogP contribution in [0, 0.1) is 0 Å². The van der Waals surface area contributed by atoms with Crippen LogP contribution in [0.5, 0.6) is 0 Å². The van der Waals surface area contributed by atoms with Crippen molar-refractivity contribution in [3.8, 4) is 0 Å². The highest BCUT2D eigenvalue weighted by Gasteiger charge is 2.16. The summed E-state index contributed by atoms with van der Waals surface area (Å²) in [4.78, 5) is 21.8. The first kappa shape index (κ1) is 15.7. The van der Waals surface area contributed by atoms with Gasteiger partial charge in [-0.2, -0.15) is 0 Å². The lowest BCUT2D eigenvalue weighted by Gasteiger charge is -2.17. The molecule has 0 saturated carbocycles. The van der Waals surface area contributed by atoms with Crippen LogP contribution in [-0.4, -0.2) is 18.2 Å². The van der Waals surface area contributed by atoms with Crippen molar-refractivity contribution in [1.29, 1.82) is 0 Å². The third-order valence-electron chi connectivity index (χ3n) is 2.19. The van der Waals surface area contributed by atoms with Crippen LogP contribution in [0.25, 0.3) is 0 Å². The minimum atomic E-state index is -0.883. The Morgan fingerprint density at radius 3 is 2.00 bits per heavy atom. The van der Waals surface area contributed by atoms with E-state index in [0.717, 1.165) is 31.3 Å². The Bertz CT molecular complexity index is 265. The second-order valence-corrected chi connectivity index (χ2v) is 3.99. The van der Waals surface area contributed by atoms with Crippen LogP contribution in [0.2, 0.25) is 0 Å². The standard InChI is InChI=1S/C13H22O4/c1-5-6-7-8-9-10(2)13(16-11(3)14)17-12(4)15/h9,13H,5-8H2,1-4H3/b10-9+. The fourth-order valence-corrected chi connectivity index (χ4v) is 1.33. The quantitative estimate of drug-likeness (QED) is 0.298. The molecule has 0 bridgehead atoms. The molecule has 4 nitrogen and oxygen atoms in total. The van der Waals surface area contributed by atoms with Crippen LogP contribution < -0.4 is 0 Å². The van der Waals surface area contributed by atoms with Gasteiger partial charge in [-0.05, 0) is 19.8 Å². The van der Waals surface area contributed by atoms with Crippen LogP contribution in [0.15, 0.2) is 11.6 Å². The zero-order valence-corrected chi connectivity index (χ0v) is 11.1. The lowest BCUT2D eigenvalue weighted by molar-refractivity contribution is -0.178. The Kier molecular flexibility index (Phi) is 8.11. The minimum Gasteiger partial charge on any atom is -0.421 e. The number of carbonyl (C=O) groups excluding carboxylic acids is 2. The predicted octanol–water partition coefficient (Wildman–Crippen LogP) is 2.97. The van der Waals surface area contributed by atoms with Crippen LogP contribution in [0.4, 0.5) is 0 Å². The van der Waals surface area contributed by atoms with E-state index in [9.17, 15) is 9.59 Å². The smallest absolute Gasteiger partial charge is 0.305 e. The van der Waals surface area contributed by atoms with Crippen molar-refractivity contribution in [1.82, 2.24) is 0 Å². The van der Waals surface area contributed by atoms with Crippen LogP contribution in [0.3, 0.4) is 0 Å². The first-order valence-corrected chi connectivity index (χ1v) is 5.98. The highest BCUT2D eigenvalue weighted by molar-refractivity contribution is 5.68. The molecule has 98 valence electrons. The first-order valence-electron chi connectivity index (χ1n) is 5.98. The molecule has 17 heavy (non-hydrogen) atoms. The van der Waals surface area contributed by atoms with Crippen LogP contribution in [-0.2, 0) is 19.1 Å². The maximum absolute atomic E-state index is 10.9. The molecule has 0 aromatic carbocycles. The van der Waals surface area contributed by atoms with Gasteiger partial charge in [-0.1, -0.05) is 25.8 Å². The Morgan fingerprint density at radius 2 is 1.59 bits per heavy atom. The van der Waals surface area contributed by atoms with Gasteiger partial charge in [0.1, 0.15) is 0 Å². The Balaban J connectivity index is 4.33. The molecular weight excluding hydrogens is 220 g/mol. The summed E-state index contributed by atoms with van der Waals surface area (Å²) < 4.78 is 9.86. The van der Waals surface area contributed by atoms with Gasteiger partial charge >= 0.3 is 11.9 Å². The molecule has 0 aliphatic carbocycles. The van der Waals surface area contributed by atoms with E-state index in [2.05, 4.69) is 6.92 Å². The monoisotopic (exact) mass is 242 g/mol. The van der Waals surface area contributed by atoms with Crippen LogP contribution >= 0.6 is 0 Å². The molecule has 0 aromatic rings. The maximum Gasteiger partial charge on any atom is 0.305 e. The molecule has 0 rings (SSSR count). The van der Waals surface area contributed by atoms with Gasteiger partial charge in [0.2, 0.25) is 0 Å². The fraction of sp³-hybridized carbons (Fsp3) is 0.692. The summed E-state index contributed by atoms with van der Waals surface area (Å²) in [7, 11) is 0. The van der Waals surface area contributed by atoms with Gasteiger partial charge in [-0.15, -0.1) is 0 Å². The summed E-state index contributed by atoms with van der Waals surface area (Å²) in [6, 6.07) is 0. The lowest BCUT2D eigenvalue weighted by Crippen LogP contribution is -2.23. The Morgan fingerprint density at radius 1 is 1.06 bits per heavy atom. The van der Waals surface area contributed by atoms with Gasteiger partial charge < -0.3 is 9.47 Å². The van der Waals surface area contributed by atoms with E-state index in [0.29, 0.717) is 0 Å². The second kappa shape index (κ2) is 8.79. The van der Waals surface area contributed by atoms with Crippen molar-refractivity contribution in [2.24, 2.45) is 0 Å². The highest BCUT2D eigenvalue weighted by Crippen LogP contribution is 2.12. The van der Waals surface area contributed by atoms with E-state index in [1.165, 1.54) is 13.8 Å². The predicted molar refractivity (Wildman–Crippen MR) is 65.2 cm³/mol. The molecule has 0 fully saturated rings. The molecule has 0 amide bonds. The highest BCUT2D eigenvalue weighted by atomic mass is 16.7. The second-order valence-electron chi connectivity index (χ2n) is 3.99. The fourth-order valence-electron chi connectivity index (χ4n) is 1.33. The lowest BCUT2D eigenvalue weighted by atomic mass is 10.1. The average Bonchev–Trinajstić information content (AvgIpc) is 2.22. The molecule has 0 heterocycles. The van der Waals surface area contributed by atoms with Gasteiger partial charge in [0.05, 0.1) is 0 Å². The van der Waals surface area contributed by atoms with Crippen molar-refractivity contribution in [3.63, 3.8) is 0 Å².